The number of carbonyl (C=O) groups excluding carboxylic acids is 1. The maximum Gasteiger partial charge on any atom is 0.337 e. The third-order valence-corrected chi connectivity index (χ3v) is 7.54. The van der Waals surface area contributed by atoms with Crippen LogP contribution in [-0.2, 0) is 10.0 Å². The van der Waals surface area contributed by atoms with Crippen molar-refractivity contribution < 1.29 is 31.9 Å². The molecule has 38 heavy (non-hydrogen) atoms. The van der Waals surface area contributed by atoms with E-state index in [0.29, 0.717) is 16.5 Å². The second-order valence-corrected chi connectivity index (χ2v) is 11.0. The Kier molecular flexibility index (Phi) is 6.10. The summed E-state index contributed by atoms with van der Waals surface area (Å²) >= 11 is 0. The van der Waals surface area contributed by atoms with E-state index in [4.69, 9.17) is 10.2 Å². The largest absolute Gasteiger partial charge is 0.478 e. The molecule has 1 heterocycles. The van der Waals surface area contributed by atoms with Crippen LogP contribution in [0.5, 0.6) is 0 Å². The number of benzene rings is 3. The van der Waals surface area contributed by atoms with Crippen molar-refractivity contribution in [1.29, 1.82) is 0 Å². The lowest BCUT2D eigenvalue weighted by atomic mass is 10.00. The predicted octanol–water partition coefficient (Wildman–Crippen LogP) is 4.85. The number of anilines is 3. The summed E-state index contributed by atoms with van der Waals surface area (Å²) in [5.41, 5.74) is 7.58. The highest BCUT2D eigenvalue weighted by molar-refractivity contribution is 7.92. The number of halogens is 1. The van der Waals surface area contributed by atoms with Crippen LogP contribution >= 0.6 is 0 Å². The second kappa shape index (κ2) is 9.18. The van der Waals surface area contributed by atoms with Crippen LogP contribution < -0.4 is 15.4 Å². The molecule has 0 unspecified atom stereocenters. The smallest absolute Gasteiger partial charge is 0.337 e. The second-order valence-electron chi connectivity index (χ2n) is 9.18. The number of hydrogen-bond donors (Lipinski definition) is 3. The molecule has 4 aromatic rings. The Labute approximate surface area is 217 Å². The maximum absolute atomic E-state index is 13.6. The number of fused-ring (bicyclic) bond motifs is 1. The number of nitrogens with one attached hydrogen (secondary N) is 1. The van der Waals surface area contributed by atoms with E-state index in [2.05, 4.69) is 5.32 Å². The van der Waals surface area contributed by atoms with Crippen LogP contribution in [-0.4, -0.2) is 38.7 Å². The van der Waals surface area contributed by atoms with E-state index in [1.807, 2.05) is 0 Å². The molecule has 196 valence electrons. The Morgan fingerprint density at radius 2 is 1.79 bits per heavy atom. The molecule has 0 saturated heterocycles. The molecule has 1 saturated carbocycles. The third kappa shape index (κ3) is 4.45. The number of carbonyl (C=O) groups is 2. The Bertz CT molecular complexity index is 1710. The van der Waals surface area contributed by atoms with E-state index < -0.39 is 27.7 Å². The lowest BCUT2D eigenvalue weighted by Crippen LogP contribution is -2.26. The number of aromatic carboxylic acids is 1. The fraction of sp³-hybridized carbons (Fsp3) is 0.185. The first-order valence-corrected chi connectivity index (χ1v) is 13.6. The summed E-state index contributed by atoms with van der Waals surface area (Å²) in [7, 11) is -2.48. The molecule has 1 aromatic heterocycles. The van der Waals surface area contributed by atoms with Crippen LogP contribution in [0.2, 0.25) is 0 Å². The van der Waals surface area contributed by atoms with Crippen LogP contribution in [0.25, 0.3) is 22.3 Å². The van der Waals surface area contributed by atoms with Gasteiger partial charge in [-0.1, -0.05) is 0 Å². The summed E-state index contributed by atoms with van der Waals surface area (Å²) in [6, 6.07) is 12.8. The van der Waals surface area contributed by atoms with Gasteiger partial charge in [-0.3, -0.25) is 4.79 Å². The molecule has 3 aromatic carbocycles. The third-order valence-electron chi connectivity index (χ3n) is 6.47. The molecule has 1 amide bonds. The highest BCUT2D eigenvalue weighted by Crippen LogP contribution is 2.49. The van der Waals surface area contributed by atoms with Gasteiger partial charge in [-0.2, -0.15) is 0 Å². The van der Waals surface area contributed by atoms with Gasteiger partial charge >= 0.3 is 5.97 Å². The number of nitrogens with two attached hydrogens (primary N) is 1. The molecule has 5 rings (SSSR count). The number of rotatable bonds is 7. The molecule has 0 aliphatic heterocycles. The zero-order chi connectivity index (χ0) is 27.4. The number of nitrogen functional groups attached to an aromatic ring is 1. The summed E-state index contributed by atoms with van der Waals surface area (Å²) in [4.78, 5) is 24.7. The topological polar surface area (TPSA) is 143 Å². The average molecular weight is 538 g/mol. The van der Waals surface area contributed by atoms with Crippen LogP contribution in [0.1, 0.15) is 45.0 Å². The van der Waals surface area contributed by atoms with Gasteiger partial charge in [0.15, 0.2) is 0 Å². The SMILES string of the molecule is CNC(=O)c1c(-c2ccc(F)cc2)oc2cc(N(c3ccc(N)c(C(=O)O)c3)S(C)(=O)=O)c(C3CC3)cc12. The van der Waals surface area contributed by atoms with Crippen molar-refractivity contribution in [2.24, 2.45) is 0 Å². The minimum atomic E-state index is -3.97. The molecular formula is C27H24FN3O6S. The molecular weight excluding hydrogens is 513 g/mol. The zero-order valence-electron chi connectivity index (χ0n) is 20.5. The zero-order valence-corrected chi connectivity index (χ0v) is 21.3. The monoisotopic (exact) mass is 537 g/mol. The van der Waals surface area contributed by atoms with Crippen molar-refractivity contribution in [3.8, 4) is 11.3 Å². The molecule has 0 spiro atoms. The number of amides is 1. The van der Waals surface area contributed by atoms with Crippen molar-refractivity contribution in [3.63, 3.8) is 0 Å². The predicted molar refractivity (Wildman–Crippen MR) is 142 cm³/mol. The number of furan rings is 1. The fourth-order valence-corrected chi connectivity index (χ4v) is 5.58. The van der Waals surface area contributed by atoms with Crippen LogP contribution in [0.15, 0.2) is 59.0 Å². The first kappa shape index (κ1) is 25.3. The maximum atomic E-state index is 13.6. The number of hydrogen-bond acceptors (Lipinski definition) is 6. The van der Waals surface area contributed by atoms with Gasteiger partial charge in [-0.05, 0) is 72.9 Å². The van der Waals surface area contributed by atoms with E-state index in [1.54, 1.807) is 12.1 Å². The van der Waals surface area contributed by atoms with Gasteiger partial charge in [0, 0.05) is 29.8 Å². The van der Waals surface area contributed by atoms with Gasteiger partial charge in [-0.25, -0.2) is 21.9 Å². The normalized spacial score (nSPS) is 13.4. The highest BCUT2D eigenvalue weighted by Gasteiger charge is 2.34. The Balaban J connectivity index is 1.80. The minimum absolute atomic E-state index is 0.00207. The molecule has 1 aliphatic carbocycles. The standard InChI is InChI=1S/C27H24FN3O6S/c1-30-26(32)24-20-12-18(14-3-4-14)22(13-23(20)37-25(24)15-5-7-16(28)8-6-15)31(38(2,35)36)17-9-10-21(29)19(11-17)27(33)34/h5-14H,3-4,29H2,1-2H3,(H,30,32)(H,33,34). The van der Waals surface area contributed by atoms with E-state index in [-0.39, 0.29) is 45.5 Å². The summed E-state index contributed by atoms with van der Waals surface area (Å²) in [6.07, 6.45) is 2.65. The van der Waals surface area contributed by atoms with E-state index in [0.717, 1.165) is 23.4 Å². The van der Waals surface area contributed by atoms with Gasteiger partial charge in [-0.15, -0.1) is 0 Å². The lowest BCUT2D eigenvalue weighted by molar-refractivity contribution is 0.0697. The number of nitrogens with zero attached hydrogens (tertiary/aromatic N) is 1. The van der Waals surface area contributed by atoms with Crippen LogP contribution in [0.4, 0.5) is 21.5 Å². The Morgan fingerprint density at radius 1 is 1.11 bits per heavy atom. The summed E-state index contributed by atoms with van der Waals surface area (Å²) < 4.78 is 47.0. The number of carboxylic acids is 1. The molecule has 0 atom stereocenters. The molecule has 11 heteroatoms. The van der Waals surface area contributed by atoms with Crippen molar-refractivity contribution in [2.45, 2.75) is 18.8 Å². The number of carboxylic acid groups (broad SMARTS) is 1. The minimum Gasteiger partial charge on any atom is -0.478 e. The Hall–Kier alpha value is -4.38. The fourth-order valence-electron chi connectivity index (χ4n) is 4.57. The first-order chi connectivity index (χ1) is 18.0. The van der Waals surface area contributed by atoms with Gasteiger partial charge in [0.2, 0.25) is 10.0 Å². The molecule has 0 radical (unpaired) electrons. The van der Waals surface area contributed by atoms with Crippen molar-refractivity contribution >= 4 is 49.9 Å². The van der Waals surface area contributed by atoms with Gasteiger partial charge in [0.1, 0.15) is 17.2 Å². The lowest BCUT2D eigenvalue weighted by Gasteiger charge is -2.26. The molecule has 0 bridgehead atoms. The summed E-state index contributed by atoms with van der Waals surface area (Å²) in [5.74, 6) is -1.90. The molecule has 1 aliphatic rings. The van der Waals surface area contributed by atoms with Crippen molar-refractivity contribution in [2.75, 3.05) is 23.3 Å². The summed E-state index contributed by atoms with van der Waals surface area (Å²) in [6.45, 7) is 0. The van der Waals surface area contributed by atoms with Gasteiger partial charge in [0.25, 0.3) is 5.91 Å². The van der Waals surface area contributed by atoms with E-state index in [9.17, 15) is 27.5 Å². The first-order valence-electron chi connectivity index (χ1n) is 11.7. The van der Waals surface area contributed by atoms with Gasteiger partial charge in [0.05, 0.1) is 28.8 Å². The van der Waals surface area contributed by atoms with E-state index in [1.165, 1.54) is 49.5 Å². The quantitative estimate of drug-likeness (QED) is 0.286. The van der Waals surface area contributed by atoms with E-state index >= 15 is 0 Å². The van der Waals surface area contributed by atoms with Crippen molar-refractivity contribution in [3.05, 3.63) is 77.1 Å². The Morgan fingerprint density at radius 3 is 2.37 bits per heavy atom. The molecule has 9 nitrogen and oxygen atoms in total. The van der Waals surface area contributed by atoms with Crippen molar-refractivity contribution in [1.82, 2.24) is 5.32 Å². The average Bonchev–Trinajstić information content (AvgIpc) is 3.64. The van der Waals surface area contributed by atoms with Crippen LogP contribution in [0.3, 0.4) is 0 Å². The summed E-state index contributed by atoms with van der Waals surface area (Å²) in [5, 5.41) is 12.6. The van der Waals surface area contributed by atoms with Gasteiger partial charge < -0.3 is 20.6 Å². The molecule has 1 fully saturated rings. The molecule has 4 N–H and O–H groups in total. The highest BCUT2D eigenvalue weighted by atomic mass is 32.2. The number of sulfonamides is 1. The van der Waals surface area contributed by atoms with Crippen LogP contribution in [0, 0.1) is 5.82 Å².